The molecule has 0 spiro atoms. The van der Waals surface area contributed by atoms with E-state index in [0.717, 1.165) is 0 Å². The Kier molecular flexibility index (Phi) is 4.77. The maximum atomic E-state index is 2.45. The van der Waals surface area contributed by atoms with Gasteiger partial charge in [0.1, 0.15) is 0 Å². The Balaban J connectivity index is 1.50. The summed E-state index contributed by atoms with van der Waals surface area (Å²) in [5, 5.41) is 5.12. The lowest BCUT2D eigenvalue weighted by molar-refractivity contribution is 1.02. The maximum absolute atomic E-state index is 2.45. The predicted octanol–water partition coefficient (Wildman–Crippen LogP) is 9.76. The highest BCUT2D eigenvalue weighted by molar-refractivity contribution is 6.18. The first-order valence-corrected chi connectivity index (χ1v) is 13.4. The number of aryl methyl sites for hydroxylation is 1. The molecule has 0 fully saturated rings. The number of rotatable bonds is 3. The number of hydrogen-bond donors (Lipinski definition) is 0. The van der Waals surface area contributed by atoms with Crippen LogP contribution in [-0.4, -0.2) is 9.13 Å². The lowest BCUT2D eigenvalue weighted by Crippen LogP contribution is -1.96. The zero-order valence-electron chi connectivity index (χ0n) is 21.7. The predicted molar refractivity (Wildman–Crippen MR) is 166 cm³/mol. The first kappa shape index (κ1) is 22.0. The smallest absolute Gasteiger partial charge is 0.0548 e. The molecule has 2 aromatic heterocycles. The van der Waals surface area contributed by atoms with Crippen molar-refractivity contribution < 1.29 is 0 Å². The Labute approximate surface area is 227 Å². The first-order valence-electron chi connectivity index (χ1n) is 13.4. The van der Waals surface area contributed by atoms with E-state index < -0.39 is 0 Å². The number of para-hydroxylation sites is 2. The summed E-state index contributed by atoms with van der Waals surface area (Å²) in [6.45, 7) is 0. The van der Waals surface area contributed by atoms with Crippen LogP contribution in [-0.2, 0) is 7.05 Å². The second kappa shape index (κ2) is 8.47. The highest BCUT2D eigenvalue weighted by Crippen LogP contribution is 2.39. The molecule has 2 heterocycles. The third-order valence-electron chi connectivity index (χ3n) is 8.10. The summed E-state index contributed by atoms with van der Waals surface area (Å²) >= 11 is 0. The summed E-state index contributed by atoms with van der Waals surface area (Å²) in [6.07, 6.45) is 0. The van der Waals surface area contributed by atoms with Gasteiger partial charge in [0, 0.05) is 45.3 Å². The molecule has 0 N–H and O–H groups in total. The van der Waals surface area contributed by atoms with Crippen molar-refractivity contribution in [2.45, 2.75) is 0 Å². The average molecular weight is 499 g/mol. The zero-order valence-corrected chi connectivity index (χ0v) is 21.7. The summed E-state index contributed by atoms with van der Waals surface area (Å²) in [5.74, 6) is 0. The van der Waals surface area contributed by atoms with Crippen molar-refractivity contribution in [3.05, 3.63) is 140 Å². The van der Waals surface area contributed by atoms with E-state index in [4.69, 9.17) is 0 Å². The van der Waals surface area contributed by atoms with E-state index in [1.54, 1.807) is 0 Å². The quantitative estimate of drug-likeness (QED) is 0.229. The third kappa shape index (κ3) is 3.35. The minimum Gasteiger partial charge on any atom is -0.344 e. The van der Waals surface area contributed by atoms with Crippen molar-refractivity contribution in [3.63, 3.8) is 0 Å². The van der Waals surface area contributed by atoms with E-state index >= 15 is 0 Å². The number of benzene rings is 6. The molecule has 184 valence electrons. The average Bonchev–Trinajstić information content (AvgIpc) is 3.48. The standard InChI is InChI=1S/C37H26N2/c1-38-34-18-10-8-16-30(34)32-24-37-33(23-36(32)38)31-17-9-11-19-35(31)39(37)29-21-27(25-12-4-2-5-13-25)20-28(22-29)26-14-6-3-7-15-26/h2-24H,1H3. The van der Waals surface area contributed by atoms with Gasteiger partial charge in [-0.3, -0.25) is 0 Å². The Morgan fingerprint density at radius 1 is 0.359 bits per heavy atom. The Morgan fingerprint density at radius 3 is 1.49 bits per heavy atom. The Hall–Kier alpha value is -5.08. The SMILES string of the molecule is Cn1c2ccccc2c2cc3c(cc21)c1ccccc1n3-c1cc(-c2ccccc2)cc(-c2ccccc2)c1. The molecule has 8 aromatic rings. The topological polar surface area (TPSA) is 9.86 Å². The molecule has 0 saturated heterocycles. The molecule has 2 nitrogen and oxygen atoms in total. The molecular weight excluding hydrogens is 472 g/mol. The molecule has 0 radical (unpaired) electrons. The number of aromatic nitrogens is 2. The number of hydrogen-bond acceptors (Lipinski definition) is 0. The first-order chi connectivity index (χ1) is 19.3. The molecule has 6 aromatic carbocycles. The summed E-state index contributed by atoms with van der Waals surface area (Å²) in [7, 11) is 2.17. The molecule has 0 amide bonds. The fourth-order valence-corrected chi connectivity index (χ4v) is 6.23. The van der Waals surface area contributed by atoms with E-state index in [1.165, 1.54) is 71.6 Å². The van der Waals surface area contributed by atoms with Gasteiger partial charge in [-0.1, -0.05) is 97.1 Å². The van der Waals surface area contributed by atoms with Crippen LogP contribution < -0.4 is 0 Å². The van der Waals surface area contributed by atoms with E-state index in [0.29, 0.717) is 0 Å². The van der Waals surface area contributed by atoms with Crippen LogP contribution in [0.25, 0.3) is 71.6 Å². The molecule has 39 heavy (non-hydrogen) atoms. The van der Waals surface area contributed by atoms with Crippen molar-refractivity contribution in [1.82, 2.24) is 9.13 Å². The molecule has 0 aliphatic heterocycles. The van der Waals surface area contributed by atoms with Crippen molar-refractivity contribution in [3.8, 4) is 27.9 Å². The molecule has 0 aliphatic carbocycles. The summed E-state index contributed by atoms with van der Waals surface area (Å²) in [4.78, 5) is 0. The van der Waals surface area contributed by atoms with Crippen molar-refractivity contribution in [2.24, 2.45) is 7.05 Å². The van der Waals surface area contributed by atoms with Gasteiger partial charge in [0.2, 0.25) is 0 Å². The van der Waals surface area contributed by atoms with Gasteiger partial charge in [0.05, 0.1) is 11.0 Å². The lowest BCUT2D eigenvalue weighted by Gasteiger charge is -2.14. The fourth-order valence-electron chi connectivity index (χ4n) is 6.23. The molecular formula is C37H26N2. The highest BCUT2D eigenvalue weighted by atomic mass is 15.0. The van der Waals surface area contributed by atoms with Crippen molar-refractivity contribution in [1.29, 1.82) is 0 Å². The molecule has 0 unspecified atom stereocenters. The van der Waals surface area contributed by atoms with E-state index in [9.17, 15) is 0 Å². The van der Waals surface area contributed by atoms with Gasteiger partial charge in [-0.25, -0.2) is 0 Å². The van der Waals surface area contributed by atoms with Gasteiger partial charge >= 0.3 is 0 Å². The Bertz CT molecular complexity index is 2110. The van der Waals surface area contributed by atoms with Crippen LogP contribution in [0.3, 0.4) is 0 Å². The third-order valence-corrected chi connectivity index (χ3v) is 8.10. The number of fused-ring (bicyclic) bond motifs is 6. The van der Waals surface area contributed by atoms with Gasteiger partial charge in [-0.15, -0.1) is 0 Å². The molecule has 0 aliphatic rings. The molecule has 0 bridgehead atoms. The molecule has 0 atom stereocenters. The van der Waals surface area contributed by atoms with Gasteiger partial charge in [-0.05, 0) is 64.7 Å². The van der Waals surface area contributed by atoms with Gasteiger partial charge in [0.15, 0.2) is 0 Å². The summed E-state index contributed by atoms with van der Waals surface area (Å²) in [5.41, 5.74) is 11.0. The zero-order chi connectivity index (χ0) is 25.9. The van der Waals surface area contributed by atoms with Crippen LogP contribution in [0.5, 0.6) is 0 Å². The summed E-state index contributed by atoms with van der Waals surface area (Å²) < 4.78 is 4.77. The molecule has 8 rings (SSSR count). The van der Waals surface area contributed by atoms with Crippen molar-refractivity contribution >= 4 is 43.6 Å². The summed E-state index contributed by atoms with van der Waals surface area (Å²) in [6, 6.07) is 50.6. The van der Waals surface area contributed by atoms with Crippen LogP contribution in [0.1, 0.15) is 0 Å². The largest absolute Gasteiger partial charge is 0.344 e. The molecule has 2 heteroatoms. The van der Waals surface area contributed by atoms with Crippen LogP contribution in [0.15, 0.2) is 140 Å². The van der Waals surface area contributed by atoms with Crippen LogP contribution in [0.4, 0.5) is 0 Å². The maximum Gasteiger partial charge on any atom is 0.0548 e. The van der Waals surface area contributed by atoms with Crippen LogP contribution >= 0.6 is 0 Å². The van der Waals surface area contributed by atoms with Crippen molar-refractivity contribution in [2.75, 3.05) is 0 Å². The van der Waals surface area contributed by atoms with Gasteiger partial charge < -0.3 is 9.13 Å². The van der Waals surface area contributed by atoms with Crippen LogP contribution in [0.2, 0.25) is 0 Å². The normalized spacial score (nSPS) is 11.7. The van der Waals surface area contributed by atoms with Gasteiger partial charge in [0.25, 0.3) is 0 Å². The Morgan fingerprint density at radius 2 is 0.846 bits per heavy atom. The monoisotopic (exact) mass is 498 g/mol. The minimum absolute atomic E-state index is 1.17. The highest BCUT2D eigenvalue weighted by Gasteiger charge is 2.17. The fraction of sp³-hybridized carbons (Fsp3) is 0.0270. The minimum atomic E-state index is 1.17. The number of nitrogens with zero attached hydrogens (tertiary/aromatic N) is 2. The van der Waals surface area contributed by atoms with E-state index in [2.05, 4.69) is 156 Å². The van der Waals surface area contributed by atoms with E-state index in [1.807, 2.05) is 0 Å². The molecule has 0 saturated carbocycles. The second-order valence-electron chi connectivity index (χ2n) is 10.3. The van der Waals surface area contributed by atoms with E-state index in [-0.39, 0.29) is 0 Å². The van der Waals surface area contributed by atoms with Gasteiger partial charge in [-0.2, -0.15) is 0 Å². The second-order valence-corrected chi connectivity index (χ2v) is 10.3. The lowest BCUT2D eigenvalue weighted by atomic mass is 9.98. The van der Waals surface area contributed by atoms with Crippen LogP contribution in [0, 0.1) is 0 Å².